The van der Waals surface area contributed by atoms with Crippen LogP contribution in [0.1, 0.15) is 50.7 Å². The van der Waals surface area contributed by atoms with E-state index in [2.05, 4.69) is 42.8 Å². The van der Waals surface area contributed by atoms with Crippen LogP contribution in [-0.4, -0.2) is 4.92 Å². The molecule has 2 atom stereocenters. The van der Waals surface area contributed by atoms with E-state index < -0.39 is 0 Å². The van der Waals surface area contributed by atoms with Crippen LogP contribution >= 0.6 is 15.9 Å². The van der Waals surface area contributed by atoms with E-state index >= 15 is 0 Å². The summed E-state index contributed by atoms with van der Waals surface area (Å²) in [6.07, 6.45) is 6.40. The molecule has 1 aliphatic rings. The zero-order valence-corrected chi connectivity index (χ0v) is 13.7. The van der Waals surface area contributed by atoms with Gasteiger partial charge < -0.3 is 0 Å². The summed E-state index contributed by atoms with van der Waals surface area (Å²) in [7, 11) is 0. The SMILES string of the molecule is CC(C)CC1CC=Cc2cc([N+](=O)[O-])cc(Br)c2C1C. The number of hydrogen-bond acceptors (Lipinski definition) is 2. The van der Waals surface area contributed by atoms with E-state index in [-0.39, 0.29) is 10.6 Å². The molecule has 0 spiro atoms. The molecule has 0 fully saturated rings. The number of halogens is 1. The van der Waals surface area contributed by atoms with Crippen molar-refractivity contribution in [2.24, 2.45) is 11.8 Å². The van der Waals surface area contributed by atoms with Crippen LogP contribution in [-0.2, 0) is 0 Å². The van der Waals surface area contributed by atoms with Crippen LogP contribution in [0.3, 0.4) is 0 Å². The van der Waals surface area contributed by atoms with Gasteiger partial charge in [0.05, 0.1) is 4.92 Å². The van der Waals surface area contributed by atoms with Crippen LogP contribution < -0.4 is 0 Å². The zero-order valence-electron chi connectivity index (χ0n) is 12.1. The molecule has 20 heavy (non-hydrogen) atoms. The Hall–Kier alpha value is -1.16. The first-order valence-electron chi connectivity index (χ1n) is 7.04. The van der Waals surface area contributed by atoms with Crippen molar-refractivity contribution in [3.05, 3.63) is 43.9 Å². The van der Waals surface area contributed by atoms with Gasteiger partial charge in [-0.1, -0.05) is 48.9 Å². The highest BCUT2D eigenvalue weighted by molar-refractivity contribution is 9.10. The minimum atomic E-state index is -0.333. The van der Waals surface area contributed by atoms with Gasteiger partial charge in [-0.2, -0.15) is 0 Å². The van der Waals surface area contributed by atoms with Crippen LogP contribution in [0.2, 0.25) is 0 Å². The molecule has 0 bridgehead atoms. The fourth-order valence-corrected chi connectivity index (χ4v) is 3.89. The van der Waals surface area contributed by atoms with Crippen LogP contribution in [0.4, 0.5) is 5.69 Å². The minimum absolute atomic E-state index is 0.148. The second kappa shape index (κ2) is 6.08. The van der Waals surface area contributed by atoms with Gasteiger partial charge in [0.2, 0.25) is 0 Å². The summed E-state index contributed by atoms with van der Waals surface area (Å²) >= 11 is 3.53. The minimum Gasteiger partial charge on any atom is -0.258 e. The van der Waals surface area contributed by atoms with Crippen LogP contribution in [0.5, 0.6) is 0 Å². The van der Waals surface area contributed by atoms with Gasteiger partial charge >= 0.3 is 0 Å². The zero-order chi connectivity index (χ0) is 14.9. The molecule has 1 aliphatic carbocycles. The first-order valence-corrected chi connectivity index (χ1v) is 7.83. The Bertz CT molecular complexity index is 552. The van der Waals surface area contributed by atoms with E-state index in [9.17, 15) is 10.1 Å². The monoisotopic (exact) mass is 337 g/mol. The van der Waals surface area contributed by atoms with E-state index in [0.717, 1.165) is 16.5 Å². The van der Waals surface area contributed by atoms with Crippen LogP contribution in [0, 0.1) is 22.0 Å². The van der Waals surface area contributed by atoms with Gasteiger partial charge in [0.1, 0.15) is 0 Å². The standard InChI is InChI=1S/C16H20BrNO2/c1-10(2)7-12-5-4-6-13-8-14(18(19)20)9-15(17)16(13)11(12)3/h4,6,8-12H,5,7H2,1-3H3. The Morgan fingerprint density at radius 1 is 1.45 bits per heavy atom. The van der Waals surface area contributed by atoms with Crippen molar-refractivity contribution in [3.8, 4) is 0 Å². The second-order valence-corrected chi connectivity index (χ2v) is 6.86. The van der Waals surface area contributed by atoms with Crippen molar-refractivity contribution in [1.29, 1.82) is 0 Å². The molecule has 0 radical (unpaired) electrons. The average molecular weight is 338 g/mol. The van der Waals surface area contributed by atoms with E-state index in [1.165, 1.54) is 12.0 Å². The van der Waals surface area contributed by atoms with Gasteiger partial charge in [-0.3, -0.25) is 10.1 Å². The van der Waals surface area contributed by atoms with Crippen molar-refractivity contribution >= 4 is 27.7 Å². The van der Waals surface area contributed by atoms with Gasteiger partial charge in [0, 0.05) is 16.6 Å². The number of hydrogen-bond donors (Lipinski definition) is 0. The Balaban J connectivity index is 2.45. The molecule has 108 valence electrons. The normalized spacial score (nSPS) is 21.6. The van der Waals surface area contributed by atoms with Gasteiger partial charge in [-0.05, 0) is 41.7 Å². The fourth-order valence-electron chi connectivity index (χ4n) is 3.06. The highest BCUT2D eigenvalue weighted by Gasteiger charge is 2.26. The molecule has 4 heteroatoms. The molecule has 0 saturated heterocycles. The molecule has 0 aromatic heterocycles. The van der Waals surface area contributed by atoms with Crippen LogP contribution in [0.25, 0.3) is 6.08 Å². The number of benzene rings is 1. The summed E-state index contributed by atoms with van der Waals surface area (Å²) in [6, 6.07) is 3.31. The Morgan fingerprint density at radius 2 is 2.15 bits per heavy atom. The molecule has 3 nitrogen and oxygen atoms in total. The third-order valence-electron chi connectivity index (χ3n) is 4.03. The van der Waals surface area contributed by atoms with Gasteiger partial charge in [-0.25, -0.2) is 0 Å². The second-order valence-electron chi connectivity index (χ2n) is 6.00. The lowest BCUT2D eigenvalue weighted by Crippen LogP contribution is -2.13. The summed E-state index contributed by atoms with van der Waals surface area (Å²) in [5.41, 5.74) is 2.33. The van der Waals surface area contributed by atoms with E-state index in [0.29, 0.717) is 17.8 Å². The number of nitro benzene ring substituents is 1. The Kier molecular flexibility index (Phi) is 4.63. The maximum Gasteiger partial charge on any atom is 0.271 e. The first kappa shape index (κ1) is 15.2. The smallest absolute Gasteiger partial charge is 0.258 e. The molecular formula is C16H20BrNO2. The molecule has 2 rings (SSSR count). The van der Waals surface area contributed by atoms with E-state index in [4.69, 9.17) is 0 Å². The summed E-state index contributed by atoms with van der Waals surface area (Å²) < 4.78 is 0.856. The van der Waals surface area contributed by atoms with Crippen LogP contribution in [0.15, 0.2) is 22.7 Å². The van der Waals surface area contributed by atoms with Crippen molar-refractivity contribution in [1.82, 2.24) is 0 Å². The molecule has 0 N–H and O–H groups in total. The van der Waals surface area contributed by atoms with Crippen molar-refractivity contribution < 1.29 is 4.92 Å². The largest absolute Gasteiger partial charge is 0.271 e. The first-order chi connectivity index (χ1) is 9.40. The molecule has 1 aromatic rings. The van der Waals surface area contributed by atoms with E-state index in [1.807, 2.05) is 6.08 Å². The highest BCUT2D eigenvalue weighted by Crippen LogP contribution is 2.41. The number of rotatable bonds is 3. The summed E-state index contributed by atoms with van der Waals surface area (Å²) in [4.78, 5) is 10.6. The molecule has 0 amide bonds. The topological polar surface area (TPSA) is 43.1 Å². The van der Waals surface area contributed by atoms with Crippen molar-refractivity contribution in [2.75, 3.05) is 0 Å². The number of fused-ring (bicyclic) bond motifs is 1. The quantitative estimate of drug-likeness (QED) is 0.536. The molecule has 1 aromatic carbocycles. The summed E-state index contributed by atoms with van der Waals surface area (Å²) in [5, 5.41) is 11.0. The van der Waals surface area contributed by atoms with Gasteiger partial charge in [0.15, 0.2) is 0 Å². The predicted octanol–water partition coefficient (Wildman–Crippen LogP) is 5.54. The Morgan fingerprint density at radius 3 is 2.75 bits per heavy atom. The molecule has 0 heterocycles. The lowest BCUT2D eigenvalue weighted by Gasteiger charge is -2.25. The van der Waals surface area contributed by atoms with Gasteiger partial charge in [0.25, 0.3) is 5.69 Å². The van der Waals surface area contributed by atoms with Gasteiger partial charge in [-0.15, -0.1) is 0 Å². The highest BCUT2D eigenvalue weighted by atomic mass is 79.9. The molecule has 0 aliphatic heterocycles. The van der Waals surface area contributed by atoms with E-state index in [1.54, 1.807) is 12.1 Å². The number of allylic oxidation sites excluding steroid dienone is 1. The number of nitrogens with zero attached hydrogens (tertiary/aromatic N) is 1. The maximum atomic E-state index is 11.0. The molecule has 0 saturated carbocycles. The molecule has 2 unspecified atom stereocenters. The lowest BCUT2D eigenvalue weighted by molar-refractivity contribution is -0.385. The number of nitro groups is 1. The third-order valence-corrected chi connectivity index (χ3v) is 4.69. The van der Waals surface area contributed by atoms with Crippen molar-refractivity contribution in [2.45, 2.75) is 39.5 Å². The average Bonchev–Trinajstić information content (AvgIpc) is 2.49. The van der Waals surface area contributed by atoms with Crippen molar-refractivity contribution in [3.63, 3.8) is 0 Å². The Labute approximate surface area is 128 Å². The summed E-state index contributed by atoms with van der Waals surface area (Å²) in [6.45, 7) is 6.72. The number of non-ortho nitro benzene ring substituents is 1. The lowest BCUT2D eigenvalue weighted by atomic mass is 9.80. The predicted molar refractivity (Wildman–Crippen MR) is 85.8 cm³/mol. The summed E-state index contributed by atoms with van der Waals surface area (Å²) in [5.74, 6) is 1.65. The molecular weight excluding hydrogens is 318 g/mol. The fraction of sp³-hybridized carbons (Fsp3) is 0.500. The maximum absolute atomic E-state index is 11.0. The third kappa shape index (κ3) is 3.11.